The zero-order valence-corrected chi connectivity index (χ0v) is 23.1. The van der Waals surface area contributed by atoms with Crippen LogP contribution in [0.3, 0.4) is 0 Å². The van der Waals surface area contributed by atoms with E-state index in [4.69, 9.17) is 4.42 Å². The molecule has 3 aromatic rings. The zero-order chi connectivity index (χ0) is 26.2. The Kier molecular flexibility index (Phi) is 7.48. The van der Waals surface area contributed by atoms with Crippen molar-refractivity contribution in [1.82, 2.24) is 13.5 Å². The molecule has 5 rings (SSSR count). The average molecular weight is 546 g/mol. The number of piperidine rings is 1. The molecule has 3 heterocycles. The van der Waals surface area contributed by atoms with Crippen LogP contribution in [0.25, 0.3) is 11.0 Å². The number of likely N-dealkylation sites (tertiary alicyclic amines) is 1. The second-order valence-corrected chi connectivity index (χ2v) is 14.3. The van der Waals surface area contributed by atoms with Gasteiger partial charge in [0.1, 0.15) is 5.58 Å². The van der Waals surface area contributed by atoms with Crippen LogP contribution in [0.15, 0.2) is 58.0 Å². The molecule has 0 saturated carbocycles. The monoisotopic (exact) mass is 545 g/mol. The van der Waals surface area contributed by atoms with E-state index in [1.165, 1.54) is 25.8 Å². The van der Waals surface area contributed by atoms with Crippen LogP contribution in [0.5, 0.6) is 0 Å². The molecule has 2 aromatic carbocycles. The molecule has 200 valence electrons. The van der Waals surface area contributed by atoms with Gasteiger partial charge in [0, 0.05) is 38.6 Å². The van der Waals surface area contributed by atoms with Gasteiger partial charge in [-0.05, 0) is 73.5 Å². The minimum absolute atomic E-state index is 0.217. The standard InChI is InChI=1S/C27H35N3O5S2/c1-28(37(33,34)27-9-5-6-22-19-30(36(2,31)32)17-13-25(22)27)18-21-10-14-29(15-11-21)16-12-23-20-35-26-8-4-3-7-24(23)26/h3-9,20-21H,10-19H2,1-2H3. The van der Waals surface area contributed by atoms with Crippen LogP contribution in [0.1, 0.15) is 29.5 Å². The number of hydrogen-bond acceptors (Lipinski definition) is 6. The molecular weight excluding hydrogens is 510 g/mol. The third-order valence-electron chi connectivity index (χ3n) is 7.83. The summed E-state index contributed by atoms with van der Waals surface area (Å²) >= 11 is 0. The van der Waals surface area contributed by atoms with E-state index in [0.29, 0.717) is 30.3 Å². The Labute approximate surface area is 219 Å². The fourth-order valence-corrected chi connectivity index (χ4v) is 7.93. The largest absolute Gasteiger partial charge is 0.464 e. The van der Waals surface area contributed by atoms with Crippen LogP contribution in [-0.4, -0.2) is 76.4 Å². The Morgan fingerprint density at radius 1 is 1.00 bits per heavy atom. The highest BCUT2D eigenvalue weighted by Crippen LogP contribution is 2.30. The van der Waals surface area contributed by atoms with Crippen LogP contribution in [0.4, 0.5) is 0 Å². The summed E-state index contributed by atoms with van der Waals surface area (Å²) in [7, 11) is -5.32. The number of benzene rings is 2. The highest BCUT2D eigenvalue weighted by Gasteiger charge is 2.32. The van der Waals surface area contributed by atoms with Gasteiger partial charge >= 0.3 is 0 Å². The predicted octanol–water partition coefficient (Wildman–Crippen LogP) is 3.33. The van der Waals surface area contributed by atoms with E-state index in [2.05, 4.69) is 11.0 Å². The molecule has 1 saturated heterocycles. The fourth-order valence-electron chi connectivity index (χ4n) is 5.60. The first-order valence-corrected chi connectivity index (χ1v) is 16.1. The lowest BCUT2D eigenvalue weighted by Gasteiger charge is -2.34. The van der Waals surface area contributed by atoms with E-state index in [0.717, 1.165) is 55.6 Å². The van der Waals surface area contributed by atoms with Gasteiger partial charge in [-0.25, -0.2) is 21.1 Å². The maximum Gasteiger partial charge on any atom is 0.243 e. The summed E-state index contributed by atoms with van der Waals surface area (Å²) in [6.07, 6.45) is 6.31. The lowest BCUT2D eigenvalue weighted by molar-refractivity contribution is 0.174. The Bertz CT molecular complexity index is 1470. The van der Waals surface area contributed by atoms with Crippen molar-refractivity contribution in [1.29, 1.82) is 0 Å². The fraction of sp³-hybridized carbons (Fsp3) is 0.481. The van der Waals surface area contributed by atoms with Crippen LogP contribution in [0, 0.1) is 5.92 Å². The summed E-state index contributed by atoms with van der Waals surface area (Å²) in [5, 5.41) is 1.18. The highest BCUT2D eigenvalue weighted by molar-refractivity contribution is 7.89. The van der Waals surface area contributed by atoms with Crippen molar-refractivity contribution in [2.75, 3.05) is 46.0 Å². The molecule has 8 nitrogen and oxygen atoms in total. The van der Waals surface area contributed by atoms with Gasteiger partial charge in [0.25, 0.3) is 0 Å². The van der Waals surface area contributed by atoms with Crippen molar-refractivity contribution in [3.8, 4) is 0 Å². The molecular formula is C27H35N3O5S2. The summed E-state index contributed by atoms with van der Waals surface area (Å²) < 4.78 is 59.6. The van der Waals surface area contributed by atoms with E-state index in [1.54, 1.807) is 19.2 Å². The van der Waals surface area contributed by atoms with Crippen molar-refractivity contribution in [3.05, 3.63) is 65.4 Å². The SMILES string of the molecule is CN(CC1CCN(CCc2coc3ccccc23)CC1)S(=O)(=O)c1cccc2c1CCN(S(C)(=O)=O)C2. The number of para-hydroxylation sites is 1. The molecule has 2 aliphatic rings. The van der Waals surface area contributed by atoms with Gasteiger partial charge in [0.05, 0.1) is 17.4 Å². The Morgan fingerprint density at radius 2 is 1.76 bits per heavy atom. The van der Waals surface area contributed by atoms with Crippen molar-refractivity contribution < 1.29 is 21.3 Å². The minimum atomic E-state index is -3.67. The Morgan fingerprint density at radius 3 is 2.51 bits per heavy atom. The Hall–Kier alpha value is -2.24. The summed E-state index contributed by atoms with van der Waals surface area (Å²) in [5.74, 6) is 0.311. The molecule has 0 aliphatic carbocycles. The van der Waals surface area contributed by atoms with Gasteiger partial charge in [-0.3, -0.25) is 0 Å². The molecule has 37 heavy (non-hydrogen) atoms. The molecule has 0 atom stereocenters. The lowest BCUT2D eigenvalue weighted by atomic mass is 9.96. The van der Waals surface area contributed by atoms with Gasteiger partial charge in [-0.2, -0.15) is 4.31 Å². The molecule has 0 spiro atoms. The number of nitrogens with zero attached hydrogens (tertiary/aromatic N) is 3. The van der Waals surface area contributed by atoms with E-state index >= 15 is 0 Å². The summed E-state index contributed by atoms with van der Waals surface area (Å²) in [6, 6.07) is 13.3. The summed E-state index contributed by atoms with van der Waals surface area (Å²) in [4.78, 5) is 2.76. The third kappa shape index (κ3) is 5.63. The number of fused-ring (bicyclic) bond motifs is 2. The predicted molar refractivity (Wildman–Crippen MR) is 144 cm³/mol. The van der Waals surface area contributed by atoms with Gasteiger partial charge in [-0.1, -0.05) is 30.3 Å². The third-order valence-corrected chi connectivity index (χ3v) is 11.0. The van der Waals surface area contributed by atoms with Crippen LogP contribution >= 0.6 is 0 Å². The normalized spacial score (nSPS) is 18.5. The highest BCUT2D eigenvalue weighted by atomic mass is 32.2. The first-order valence-electron chi connectivity index (χ1n) is 12.8. The number of sulfonamides is 2. The molecule has 10 heteroatoms. The summed E-state index contributed by atoms with van der Waals surface area (Å²) in [5.41, 5.74) is 3.67. The zero-order valence-electron chi connectivity index (χ0n) is 21.5. The average Bonchev–Trinajstić information content (AvgIpc) is 3.30. The molecule has 1 aromatic heterocycles. The maximum atomic E-state index is 13.5. The maximum absolute atomic E-state index is 13.5. The quantitative estimate of drug-likeness (QED) is 0.431. The first kappa shape index (κ1) is 26.4. The minimum Gasteiger partial charge on any atom is -0.464 e. The topological polar surface area (TPSA) is 91.1 Å². The molecule has 2 aliphatic heterocycles. The van der Waals surface area contributed by atoms with Gasteiger partial charge < -0.3 is 9.32 Å². The second kappa shape index (κ2) is 10.5. The molecule has 0 N–H and O–H groups in total. The summed E-state index contributed by atoms with van der Waals surface area (Å²) in [6.45, 7) is 3.88. The van der Waals surface area contributed by atoms with Crippen molar-refractivity contribution in [2.24, 2.45) is 5.92 Å². The van der Waals surface area contributed by atoms with Crippen LogP contribution < -0.4 is 0 Å². The van der Waals surface area contributed by atoms with Gasteiger partial charge in [-0.15, -0.1) is 0 Å². The number of furan rings is 1. The first-order chi connectivity index (χ1) is 17.6. The molecule has 0 amide bonds. The molecule has 0 bridgehead atoms. The van der Waals surface area contributed by atoms with Crippen LogP contribution in [0.2, 0.25) is 0 Å². The van der Waals surface area contributed by atoms with E-state index in [-0.39, 0.29) is 6.54 Å². The number of rotatable bonds is 8. The Balaban J connectivity index is 1.17. The lowest BCUT2D eigenvalue weighted by Crippen LogP contribution is -2.40. The van der Waals surface area contributed by atoms with E-state index in [1.807, 2.05) is 30.5 Å². The molecule has 0 radical (unpaired) electrons. The van der Waals surface area contributed by atoms with E-state index in [9.17, 15) is 16.8 Å². The van der Waals surface area contributed by atoms with Crippen molar-refractivity contribution in [3.63, 3.8) is 0 Å². The van der Waals surface area contributed by atoms with Gasteiger partial charge in [0.15, 0.2) is 0 Å². The molecule has 1 fully saturated rings. The van der Waals surface area contributed by atoms with Crippen LogP contribution in [-0.2, 0) is 39.4 Å². The number of hydrogen-bond donors (Lipinski definition) is 0. The van der Waals surface area contributed by atoms with Crippen molar-refractivity contribution in [2.45, 2.75) is 37.1 Å². The molecule has 0 unspecified atom stereocenters. The smallest absolute Gasteiger partial charge is 0.243 e. The van der Waals surface area contributed by atoms with Gasteiger partial charge in [0.2, 0.25) is 20.0 Å². The second-order valence-electron chi connectivity index (χ2n) is 10.3. The van der Waals surface area contributed by atoms with E-state index < -0.39 is 20.0 Å². The van der Waals surface area contributed by atoms with Crippen molar-refractivity contribution >= 4 is 31.0 Å².